The molecule has 5 N–H and O–H groups in total. The summed E-state index contributed by atoms with van der Waals surface area (Å²) < 4.78 is 0. The van der Waals surface area contributed by atoms with Gasteiger partial charge in [0.25, 0.3) is 0 Å². The zero-order chi connectivity index (χ0) is 18.2. The highest BCUT2D eigenvalue weighted by molar-refractivity contribution is 5.73. The number of nitrogens with zero attached hydrogens (tertiary/aromatic N) is 3. The number of aromatic nitrogens is 2. The van der Waals surface area contributed by atoms with Gasteiger partial charge in [-0.1, -0.05) is 6.92 Å². The molecule has 2 heterocycles. The van der Waals surface area contributed by atoms with E-state index in [9.17, 15) is 4.79 Å². The highest BCUT2D eigenvalue weighted by Gasteiger charge is 2.21. The first-order valence-corrected chi connectivity index (χ1v) is 8.99. The summed E-state index contributed by atoms with van der Waals surface area (Å²) in [6, 6.07) is 2.23. The van der Waals surface area contributed by atoms with Gasteiger partial charge in [0.1, 0.15) is 11.6 Å². The zero-order valence-electron chi connectivity index (χ0n) is 15.1. The monoisotopic (exact) mass is 347 g/mol. The van der Waals surface area contributed by atoms with Crippen LogP contribution in [0.4, 0.5) is 10.6 Å². The van der Waals surface area contributed by atoms with E-state index < -0.39 is 0 Å². The number of hydrogen-bond donors (Lipinski definition) is 4. The number of nitrogens with one attached hydrogen (secondary N) is 3. The molecular weight excluding hydrogens is 318 g/mol. The second-order valence-corrected chi connectivity index (χ2v) is 6.91. The summed E-state index contributed by atoms with van der Waals surface area (Å²) in [4.78, 5) is 14.3. The predicted molar refractivity (Wildman–Crippen MR) is 96.9 cm³/mol. The van der Waals surface area contributed by atoms with Crippen LogP contribution in [0.15, 0.2) is 0 Å². The van der Waals surface area contributed by atoms with E-state index in [1.165, 1.54) is 12.8 Å². The fourth-order valence-corrected chi connectivity index (χ4v) is 3.22. The molecule has 1 saturated heterocycles. The Morgan fingerprint density at radius 3 is 3.08 bits per heavy atom. The fourth-order valence-electron chi connectivity index (χ4n) is 3.22. The third kappa shape index (κ3) is 5.64. The number of carbonyl (C=O) groups excluding carboxylic acids is 1. The van der Waals surface area contributed by atoms with Gasteiger partial charge in [-0.05, 0) is 45.1 Å². The number of anilines is 1. The molecule has 0 unspecified atom stereocenters. The van der Waals surface area contributed by atoms with Gasteiger partial charge in [0, 0.05) is 25.7 Å². The van der Waals surface area contributed by atoms with Gasteiger partial charge in [-0.3, -0.25) is 10.00 Å². The van der Waals surface area contributed by atoms with Gasteiger partial charge >= 0.3 is 6.03 Å². The number of hydrogen-bond acceptors (Lipinski definition) is 5. The molecule has 8 nitrogen and oxygen atoms in total. The Morgan fingerprint density at radius 1 is 1.56 bits per heavy atom. The minimum atomic E-state index is -0.151. The van der Waals surface area contributed by atoms with Crippen molar-refractivity contribution >= 4 is 11.8 Å². The number of aromatic amines is 1. The van der Waals surface area contributed by atoms with Gasteiger partial charge in [0.15, 0.2) is 5.82 Å². The van der Waals surface area contributed by atoms with Crippen LogP contribution in [-0.4, -0.2) is 53.3 Å². The molecule has 2 rings (SSSR count). The number of rotatable bonds is 7. The molecule has 8 heteroatoms. The third-order valence-electron chi connectivity index (χ3n) is 4.74. The molecule has 1 aliphatic rings. The number of nitrogens with two attached hydrogens (primary N) is 1. The predicted octanol–water partition coefficient (Wildman–Crippen LogP) is 1.22. The Kier molecular flexibility index (Phi) is 7.07. The van der Waals surface area contributed by atoms with Crippen molar-refractivity contribution in [2.75, 3.05) is 31.9 Å². The van der Waals surface area contributed by atoms with E-state index in [1.807, 2.05) is 6.07 Å². The minimum Gasteiger partial charge on any atom is -0.381 e. The van der Waals surface area contributed by atoms with Gasteiger partial charge in [-0.2, -0.15) is 10.4 Å². The van der Waals surface area contributed by atoms with Crippen molar-refractivity contribution in [1.82, 2.24) is 25.7 Å². The standard InChI is InChI=1S/C17H29N7O/c1-12-5-4-8-24(11-12)13(2)10-21-17(25)20-7-3-6-15-14(9-18)16(19)23-22-15/h12-13H,3-8,10-11H2,1-2H3,(H3,19,22,23)(H2,20,21,25)/t12-,13-/m0/s1. The Bertz CT molecular complexity index is 607. The molecule has 25 heavy (non-hydrogen) atoms. The fraction of sp³-hybridized carbons (Fsp3) is 0.706. The molecule has 138 valence electrons. The van der Waals surface area contributed by atoms with Crippen molar-refractivity contribution in [2.45, 2.75) is 45.6 Å². The van der Waals surface area contributed by atoms with Crippen LogP contribution in [0.25, 0.3) is 0 Å². The summed E-state index contributed by atoms with van der Waals surface area (Å²) in [6.45, 7) is 7.84. The lowest BCUT2D eigenvalue weighted by atomic mass is 9.99. The molecule has 0 bridgehead atoms. The number of nitriles is 1. The van der Waals surface area contributed by atoms with E-state index in [0.717, 1.165) is 24.7 Å². The van der Waals surface area contributed by atoms with E-state index >= 15 is 0 Å². The van der Waals surface area contributed by atoms with E-state index in [0.29, 0.717) is 37.5 Å². The molecular formula is C17H29N7O. The van der Waals surface area contributed by atoms with Crippen molar-refractivity contribution in [3.8, 4) is 6.07 Å². The van der Waals surface area contributed by atoms with E-state index in [4.69, 9.17) is 11.0 Å². The van der Waals surface area contributed by atoms with Crippen LogP contribution in [0.5, 0.6) is 0 Å². The van der Waals surface area contributed by atoms with E-state index in [-0.39, 0.29) is 11.8 Å². The largest absolute Gasteiger partial charge is 0.381 e. The molecule has 2 atom stereocenters. The highest BCUT2D eigenvalue weighted by Crippen LogP contribution is 2.17. The number of carbonyl (C=O) groups is 1. The van der Waals surface area contributed by atoms with Crippen molar-refractivity contribution in [3.63, 3.8) is 0 Å². The van der Waals surface area contributed by atoms with Crippen LogP contribution in [0.1, 0.15) is 44.4 Å². The lowest BCUT2D eigenvalue weighted by Gasteiger charge is -2.35. The molecule has 0 saturated carbocycles. The number of urea groups is 1. The van der Waals surface area contributed by atoms with Gasteiger partial charge in [-0.15, -0.1) is 0 Å². The van der Waals surface area contributed by atoms with E-state index in [1.54, 1.807) is 0 Å². The molecule has 0 aromatic carbocycles. The maximum atomic E-state index is 11.9. The summed E-state index contributed by atoms with van der Waals surface area (Å²) in [5, 5.41) is 21.4. The molecule has 0 radical (unpaired) electrons. The average molecular weight is 347 g/mol. The summed E-state index contributed by atoms with van der Waals surface area (Å²) in [5.41, 5.74) is 6.71. The van der Waals surface area contributed by atoms with Crippen LogP contribution in [0.3, 0.4) is 0 Å². The van der Waals surface area contributed by atoms with Crippen molar-refractivity contribution in [3.05, 3.63) is 11.3 Å². The summed E-state index contributed by atoms with van der Waals surface area (Å²) >= 11 is 0. The maximum absolute atomic E-state index is 11.9. The van der Waals surface area contributed by atoms with Crippen molar-refractivity contribution in [1.29, 1.82) is 5.26 Å². The number of nitrogen functional groups attached to an aromatic ring is 1. The number of aryl methyl sites for hydroxylation is 1. The van der Waals surface area contributed by atoms with Crippen LogP contribution in [-0.2, 0) is 6.42 Å². The Balaban J connectivity index is 1.61. The Labute approximate surface area is 149 Å². The lowest BCUT2D eigenvalue weighted by Crippen LogP contribution is -2.48. The Hall–Kier alpha value is -2.27. The third-order valence-corrected chi connectivity index (χ3v) is 4.74. The normalized spacial score (nSPS) is 19.2. The topological polar surface area (TPSA) is 123 Å². The first-order chi connectivity index (χ1) is 12.0. The molecule has 1 fully saturated rings. The smallest absolute Gasteiger partial charge is 0.314 e. The number of H-pyrrole nitrogens is 1. The lowest BCUT2D eigenvalue weighted by molar-refractivity contribution is 0.137. The second-order valence-electron chi connectivity index (χ2n) is 6.91. The maximum Gasteiger partial charge on any atom is 0.314 e. The van der Waals surface area contributed by atoms with Crippen LogP contribution in [0.2, 0.25) is 0 Å². The zero-order valence-corrected chi connectivity index (χ0v) is 15.1. The highest BCUT2D eigenvalue weighted by atomic mass is 16.2. The van der Waals surface area contributed by atoms with Gasteiger partial charge in [0.05, 0.1) is 5.69 Å². The quantitative estimate of drug-likeness (QED) is 0.552. The molecule has 1 aromatic heterocycles. The summed E-state index contributed by atoms with van der Waals surface area (Å²) in [7, 11) is 0. The first kappa shape index (κ1) is 19.1. The number of likely N-dealkylation sites (tertiary alicyclic amines) is 1. The van der Waals surface area contributed by atoms with Gasteiger partial charge < -0.3 is 16.4 Å². The Morgan fingerprint density at radius 2 is 2.36 bits per heavy atom. The number of piperidine rings is 1. The van der Waals surface area contributed by atoms with Gasteiger partial charge in [0.2, 0.25) is 0 Å². The molecule has 0 aliphatic carbocycles. The average Bonchev–Trinajstić information content (AvgIpc) is 2.96. The van der Waals surface area contributed by atoms with Crippen molar-refractivity contribution in [2.24, 2.45) is 5.92 Å². The van der Waals surface area contributed by atoms with Crippen LogP contribution >= 0.6 is 0 Å². The van der Waals surface area contributed by atoms with Crippen molar-refractivity contribution < 1.29 is 4.79 Å². The van der Waals surface area contributed by atoms with Gasteiger partial charge in [-0.25, -0.2) is 4.79 Å². The van der Waals surface area contributed by atoms with Crippen LogP contribution < -0.4 is 16.4 Å². The minimum absolute atomic E-state index is 0.151. The molecule has 1 aliphatic heterocycles. The number of amides is 2. The molecule has 0 spiro atoms. The summed E-state index contributed by atoms with van der Waals surface area (Å²) in [6.07, 6.45) is 3.87. The SMILES string of the molecule is C[C@H]1CCCN([C@@H](C)CNC(=O)NCCCc2[nH]nc(N)c2C#N)C1. The second kappa shape index (κ2) is 9.28. The van der Waals surface area contributed by atoms with E-state index in [2.05, 4.69) is 39.6 Å². The summed E-state index contributed by atoms with van der Waals surface area (Å²) in [5.74, 6) is 0.962. The van der Waals surface area contributed by atoms with Crippen LogP contribution in [0, 0.1) is 17.2 Å². The molecule has 2 amide bonds. The molecule has 1 aromatic rings. The first-order valence-electron chi connectivity index (χ1n) is 8.99.